The van der Waals surface area contributed by atoms with E-state index in [1.807, 2.05) is 32.0 Å². The Bertz CT molecular complexity index is 419. The second-order valence-electron chi connectivity index (χ2n) is 4.50. The number of aryl methyl sites for hydroxylation is 2. The fraction of sp³-hybridized carbons (Fsp3) is 0.500. The quantitative estimate of drug-likeness (QED) is 0.743. The molecule has 0 heterocycles. The number of carbonyl (C=O) groups excluding carboxylic acids is 1. The van der Waals surface area contributed by atoms with Crippen molar-refractivity contribution in [3.05, 3.63) is 34.9 Å². The van der Waals surface area contributed by atoms with Gasteiger partial charge in [-0.15, -0.1) is 0 Å². The zero-order valence-electron chi connectivity index (χ0n) is 11.0. The van der Waals surface area contributed by atoms with Crippen LogP contribution in [0.4, 0.5) is 13.2 Å². The van der Waals surface area contributed by atoms with Crippen molar-refractivity contribution >= 4 is 5.78 Å². The maximum Gasteiger partial charge on any atom is 0.411 e. The average molecular weight is 274 g/mol. The predicted molar refractivity (Wildman–Crippen MR) is 66.1 cm³/mol. The molecule has 0 spiro atoms. The molecule has 0 radical (unpaired) electrons. The lowest BCUT2D eigenvalue weighted by atomic mass is 9.97. The molecule has 1 aromatic carbocycles. The van der Waals surface area contributed by atoms with E-state index in [-0.39, 0.29) is 25.2 Å². The second kappa shape index (κ2) is 6.70. The first-order valence-electron chi connectivity index (χ1n) is 6.01. The number of ether oxygens (including phenoxy) is 1. The van der Waals surface area contributed by atoms with Crippen LogP contribution in [0.1, 0.15) is 23.1 Å². The number of rotatable bonds is 6. The maximum absolute atomic E-state index is 11.8. The minimum absolute atomic E-state index is 0.00382. The molecule has 0 saturated heterocycles. The molecule has 2 nitrogen and oxygen atoms in total. The molecule has 0 unspecified atom stereocenters. The normalized spacial score (nSPS) is 11.6. The van der Waals surface area contributed by atoms with Gasteiger partial charge in [-0.25, -0.2) is 0 Å². The number of Topliss-reactive ketones (excluding diaryl/α,β-unsaturated/α-hetero) is 1. The van der Waals surface area contributed by atoms with Crippen LogP contribution in [0.5, 0.6) is 0 Å². The Labute approximate surface area is 110 Å². The number of halogens is 3. The summed E-state index contributed by atoms with van der Waals surface area (Å²) in [6, 6.07) is 5.73. The van der Waals surface area contributed by atoms with Crippen LogP contribution in [-0.2, 0) is 16.0 Å². The van der Waals surface area contributed by atoms with Crippen molar-refractivity contribution in [2.45, 2.75) is 32.9 Å². The van der Waals surface area contributed by atoms with Crippen LogP contribution in [0, 0.1) is 13.8 Å². The molecule has 0 fully saturated rings. The third-order valence-corrected chi connectivity index (χ3v) is 2.81. The number of alkyl halides is 3. The van der Waals surface area contributed by atoms with E-state index in [0.29, 0.717) is 0 Å². The van der Waals surface area contributed by atoms with E-state index < -0.39 is 12.8 Å². The van der Waals surface area contributed by atoms with Gasteiger partial charge in [-0.2, -0.15) is 13.2 Å². The van der Waals surface area contributed by atoms with E-state index in [1.165, 1.54) is 0 Å². The Kier molecular flexibility index (Phi) is 5.54. The summed E-state index contributed by atoms with van der Waals surface area (Å²) >= 11 is 0. The summed E-state index contributed by atoms with van der Waals surface area (Å²) in [5.41, 5.74) is 2.98. The summed E-state index contributed by atoms with van der Waals surface area (Å²) in [4.78, 5) is 11.7. The monoisotopic (exact) mass is 274 g/mol. The Balaban J connectivity index is 2.40. The van der Waals surface area contributed by atoms with Gasteiger partial charge in [-0.3, -0.25) is 4.79 Å². The van der Waals surface area contributed by atoms with Gasteiger partial charge in [-0.1, -0.05) is 18.2 Å². The highest BCUT2D eigenvalue weighted by atomic mass is 19.4. The highest BCUT2D eigenvalue weighted by Crippen LogP contribution is 2.16. The molecule has 0 aromatic heterocycles. The molecule has 0 N–H and O–H groups in total. The molecule has 1 rings (SSSR count). The van der Waals surface area contributed by atoms with Crippen molar-refractivity contribution in [3.8, 4) is 0 Å². The fourth-order valence-electron chi connectivity index (χ4n) is 1.79. The number of hydrogen-bond donors (Lipinski definition) is 0. The highest BCUT2D eigenvalue weighted by Gasteiger charge is 2.27. The fourth-order valence-corrected chi connectivity index (χ4v) is 1.79. The molecule has 0 amide bonds. The van der Waals surface area contributed by atoms with E-state index >= 15 is 0 Å². The first-order chi connectivity index (χ1) is 8.79. The van der Waals surface area contributed by atoms with Gasteiger partial charge in [-0.05, 0) is 30.5 Å². The number of ketones is 1. The van der Waals surface area contributed by atoms with Crippen LogP contribution in [-0.4, -0.2) is 25.2 Å². The predicted octanol–water partition coefficient (Wildman–Crippen LogP) is 3.38. The van der Waals surface area contributed by atoms with Gasteiger partial charge in [0.15, 0.2) is 0 Å². The van der Waals surface area contributed by atoms with Gasteiger partial charge in [0.2, 0.25) is 0 Å². The zero-order valence-corrected chi connectivity index (χ0v) is 11.0. The molecular weight excluding hydrogens is 257 g/mol. The largest absolute Gasteiger partial charge is 0.411 e. The van der Waals surface area contributed by atoms with Crippen LogP contribution >= 0.6 is 0 Å². The first-order valence-corrected chi connectivity index (χ1v) is 6.01. The van der Waals surface area contributed by atoms with Crippen molar-refractivity contribution in [3.63, 3.8) is 0 Å². The van der Waals surface area contributed by atoms with Gasteiger partial charge >= 0.3 is 6.18 Å². The topological polar surface area (TPSA) is 26.3 Å². The maximum atomic E-state index is 11.8. The van der Waals surface area contributed by atoms with Crippen molar-refractivity contribution in [2.24, 2.45) is 0 Å². The van der Waals surface area contributed by atoms with E-state index in [4.69, 9.17) is 0 Å². The molecule has 1 aromatic rings. The van der Waals surface area contributed by atoms with Crippen molar-refractivity contribution in [1.82, 2.24) is 0 Å². The standard InChI is InChI=1S/C14H17F3O2/c1-10-4-3-5-11(2)13(10)8-12(18)6-7-19-9-14(15,16)17/h3-5H,6-9H2,1-2H3. The Hall–Kier alpha value is -1.36. The third kappa shape index (κ3) is 5.87. The summed E-state index contributed by atoms with van der Waals surface area (Å²) in [5.74, 6) is -0.112. The molecule has 19 heavy (non-hydrogen) atoms. The smallest absolute Gasteiger partial charge is 0.372 e. The third-order valence-electron chi connectivity index (χ3n) is 2.81. The lowest BCUT2D eigenvalue weighted by Gasteiger charge is -2.10. The highest BCUT2D eigenvalue weighted by molar-refractivity contribution is 5.81. The van der Waals surface area contributed by atoms with E-state index in [1.54, 1.807) is 0 Å². The van der Waals surface area contributed by atoms with Crippen LogP contribution in [0.25, 0.3) is 0 Å². The van der Waals surface area contributed by atoms with E-state index in [9.17, 15) is 18.0 Å². The zero-order chi connectivity index (χ0) is 14.5. The van der Waals surface area contributed by atoms with Crippen molar-refractivity contribution in [2.75, 3.05) is 13.2 Å². The van der Waals surface area contributed by atoms with Gasteiger partial charge in [0, 0.05) is 12.8 Å². The number of benzene rings is 1. The summed E-state index contributed by atoms with van der Waals surface area (Å²) in [5, 5.41) is 0. The average Bonchev–Trinajstić information content (AvgIpc) is 2.28. The van der Waals surface area contributed by atoms with Gasteiger partial charge < -0.3 is 4.74 Å². The van der Waals surface area contributed by atoms with Gasteiger partial charge in [0.1, 0.15) is 12.4 Å². The summed E-state index contributed by atoms with van der Waals surface area (Å²) < 4.78 is 39.9. The lowest BCUT2D eigenvalue weighted by Crippen LogP contribution is -2.18. The summed E-state index contributed by atoms with van der Waals surface area (Å²) in [6.45, 7) is 2.33. The Morgan fingerprint density at radius 3 is 2.32 bits per heavy atom. The molecule has 0 aliphatic rings. The SMILES string of the molecule is Cc1cccc(C)c1CC(=O)CCOCC(F)(F)F. The minimum Gasteiger partial charge on any atom is -0.372 e. The number of hydrogen-bond acceptors (Lipinski definition) is 2. The van der Waals surface area contributed by atoms with Crippen molar-refractivity contribution < 1.29 is 22.7 Å². The summed E-state index contributed by atoms with van der Waals surface area (Å²) in [7, 11) is 0. The van der Waals surface area contributed by atoms with E-state index in [0.717, 1.165) is 16.7 Å². The van der Waals surface area contributed by atoms with Gasteiger partial charge in [0.25, 0.3) is 0 Å². The summed E-state index contributed by atoms with van der Waals surface area (Å²) in [6.07, 6.45) is -4.09. The number of carbonyl (C=O) groups is 1. The van der Waals surface area contributed by atoms with Gasteiger partial charge in [0.05, 0.1) is 6.61 Å². The molecule has 0 bridgehead atoms. The second-order valence-corrected chi connectivity index (χ2v) is 4.50. The van der Waals surface area contributed by atoms with Crippen molar-refractivity contribution in [1.29, 1.82) is 0 Å². The Morgan fingerprint density at radius 2 is 1.79 bits per heavy atom. The van der Waals surface area contributed by atoms with Crippen LogP contribution in [0.2, 0.25) is 0 Å². The first kappa shape index (κ1) is 15.7. The van der Waals surface area contributed by atoms with Crippen LogP contribution in [0.15, 0.2) is 18.2 Å². The minimum atomic E-state index is -4.34. The van der Waals surface area contributed by atoms with E-state index in [2.05, 4.69) is 4.74 Å². The van der Waals surface area contributed by atoms with Crippen LogP contribution in [0.3, 0.4) is 0 Å². The molecule has 0 aliphatic carbocycles. The lowest BCUT2D eigenvalue weighted by molar-refractivity contribution is -0.174. The molecule has 106 valence electrons. The molecule has 0 aliphatic heterocycles. The molecular formula is C14H17F3O2. The molecule has 0 atom stereocenters. The van der Waals surface area contributed by atoms with Crippen LogP contribution < -0.4 is 0 Å². The Morgan fingerprint density at radius 1 is 1.21 bits per heavy atom. The molecule has 5 heteroatoms. The molecule has 0 saturated carbocycles.